The van der Waals surface area contributed by atoms with Gasteiger partial charge in [0.15, 0.2) is 5.96 Å². The summed E-state index contributed by atoms with van der Waals surface area (Å²) < 4.78 is 0. The molecule has 1 saturated heterocycles. The van der Waals surface area contributed by atoms with Crippen LogP contribution in [0.25, 0.3) is 0 Å². The Labute approximate surface area is 124 Å². The van der Waals surface area contributed by atoms with E-state index in [0.29, 0.717) is 0 Å². The topological polar surface area (TPSA) is 30.9 Å². The van der Waals surface area contributed by atoms with Crippen LogP contribution in [0.4, 0.5) is 0 Å². The molecule has 0 bridgehead atoms. The van der Waals surface area contributed by atoms with Gasteiger partial charge >= 0.3 is 0 Å². The second-order valence-electron chi connectivity index (χ2n) is 5.74. The van der Waals surface area contributed by atoms with Gasteiger partial charge in [-0.05, 0) is 44.7 Å². The summed E-state index contributed by atoms with van der Waals surface area (Å²) in [6.45, 7) is 11.8. The van der Waals surface area contributed by atoms with Gasteiger partial charge < -0.3 is 15.1 Å². The van der Waals surface area contributed by atoms with Crippen molar-refractivity contribution < 1.29 is 0 Å². The van der Waals surface area contributed by atoms with Crippen LogP contribution in [0.2, 0.25) is 0 Å². The first-order chi connectivity index (χ1) is 9.71. The van der Waals surface area contributed by atoms with Crippen LogP contribution in [0.1, 0.15) is 32.6 Å². The fourth-order valence-electron chi connectivity index (χ4n) is 2.80. The molecule has 1 heterocycles. The van der Waals surface area contributed by atoms with Gasteiger partial charge in [-0.1, -0.05) is 13.0 Å². The van der Waals surface area contributed by atoms with Gasteiger partial charge in [0, 0.05) is 33.7 Å². The van der Waals surface area contributed by atoms with Crippen LogP contribution in [0.3, 0.4) is 0 Å². The highest BCUT2D eigenvalue weighted by atomic mass is 15.3. The highest BCUT2D eigenvalue weighted by Gasteiger charge is 2.21. The largest absolute Gasteiger partial charge is 0.356 e. The summed E-state index contributed by atoms with van der Waals surface area (Å²) in [5.41, 5.74) is 0. The molecule has 0 amide bonds. The summed E-state index contributed by atoms with van der Waals surface area (Å²) in [6.07, 6.45) is 6.74. The van der Waals surface area contributed by atoms with Crippen LogP contribution in [0.5, 0.6) is 0 Å². The maximum absolute atomic E-state index is 4.38. The molecule has 116 valence electrons. The molecule has 0 radical (unpaired) electrons. The van der Waals surface area contributed by atoms with E-state index in [9.17, 15) is 0 Å². The Bertz CT molecular complexity index is 301. The third-order valence-electron chi connectivity index (χ3n) is 3.93. The summed E-state index contributed by atoms with van der Waals surface area (Å²) in [4.78, 5) is 9.16. The number of likely N-dealkylation sites (tertiary alicyclic amines) is 1. The number of unbranched alkanes of at least 4 members (excludes halogenated alkanes) is 1. The first-order valence-electron chi connectivity index (χ1n) is 7.96. The normalized spacial score (nSPS) is 20.1. The Kier molecular flexibility index (Phi) is 8.35. The zero-order valence-electron chi connectivity index (χ0n) is 13.6. The van der Waals surface area contributed by atoms with Crippen LogP contribution < -0.4 is 5.32 Å². The molecule has 4 heteroatoms. The minimum Gasteiger partial charge on any atom is -0.356 e. The fraction of sp³-hybridized carbons (Fsp3) is 0.812. The van der Waals surface area contributed by atoms with Crippen molar-refractivity contribution in [2.75, 3.05) is 46.8 Å². The Hall–Kier alpha value is -1.03. The SMILES string of the molecule is C=CCCCN(C)C(=NC)NCC1CCN(CCC)C1. The van der Waals surface area contributed by atoms with Gasteiger partial charge in [-0.3, -0.25) is 4.99 Å². The van der Waals surface area contributed by atoms with E-state index in [1.807, 2.05) is 13.1 Å². The predicted molar refractivity (Wildman–Crippen MR) is 88.3 cm³/mol. The summed E-state index contributed by atoms with van der Waals surface area (Å²) in [7, 11) is 3.97. The van der Waals surface area contributed by atoms with E-state index in [1.165, 1.54) is 32.5 Å². The molecule has 4 nitrogen and oxygen atoms in total. The number of hydrogen-bond acceptors (Lipinski definition) is 2. The van der Waals surface area contributed by atoms with Crippen molar-refractivity contribution in [1.82, 2.24) is 15.1 Å². The molecule has 20 heavy (non-hydrogen) atoms. The molecule has 1 atom stereocenters. The maximum atomic E-state index is 4.38. The van der Waals surface area contributed by atoms with Gasteiger partial charge in [0.2, 0.25) is 0 Å². The van der Waals surface area contributed by atoms with Gasteiger partial charge in [-0.25, -0.2) is 0 Å². The smallest absolute Gasteiger partial charge is 0.193 e. The molecule has 1 aliphatic rings. The van der Waals surface area contributed by atoms with Crippen LogP contribution in [0.15, 0.2) is 17.6 Å². The van der Waals surface area contributed by atoms with Gasteiger partial charge in [-0.2, -0.15) is 0 Å². The molecule has 1 rings (SSSR count). The highest BCUT2D eigenvalue weighted by Crippen LogP contribution is 2.15. The second kappa shape index (κ2) is 9.81. The van der Waals surface area contributed by atoms with Gasteiger partial charge in [-0.15, -0.1) is 6.58 Å². The minimum absolute atomic E-state index is 0.764. The van der Waals surface area contributed by atoms with E-state index >= 15 is 0 Å². The number of aliphatic imine (C=N–C) groups is 1. The molecular formula is C16H32N4. The Morgan fingerprint density at radius 1 is 1.55 bits per heavy atom. The van der Waals surface area contributed by atoms with Crippen molar-refractivity contribution in [3.63, 3.8) is 0 Å². The van der Waals surface area contributed by atoms with E-state index in [0.717, 1.165) is 37.8 Å². The zero-order valence-corrected chi connectivity index (χ0v) is 13.6. The standard InChI is InChI=1S/C16H32N4/c1-5-7-8-11-19(4)16(17-3)18-13-15-9-12-20(14-15)10-6-2/h5,15H,1,6-14H2,2-4H3,(H,17,18). The maximum Gasteiger partial charge on any atom is 0.193 e. The van der Waals surface area contributed by atoms with Crippen LogP contribution in [0, 0.1) is 5.92 Å². The number of nitrogens with one attached hydrogen (secondary N) is 1. The lowest BCUT2D eigenvalue weighted by Crippen LogP contribution is -2.41. The molecule has 1 aliphatic heterocycles. The van der Waals surface area contributed by atoms with Crippen molar-refractivity contribution >= 4 is 5.96 Å². The molecule has 0 aliphatic carbocycles. The van der Waals surface area contributed by atoms with E-state index in [-0.39, 0.29) is 0 Å². The molecule has 1 unspecified atom stereocenters. The molecule has 1 fully saturated rings. The third-order valence-corrected chi connectivity index (χ3v) is 3.93. The van der Waals surface area contributed by atoms with Gasteiger partial charge in [0.1, 0.15) is 0 Å². The number of nitrogens with zero attached hydrogens (tertiary/aromatic N) is 3. The summed E-state index contributed by atoms with van der Waals surface area (Å²) >= 11 is 0. The lowest BCUT2D eigenvalue weighted by atomic mass is 10.1. The molecule has 0 aromatic rings. The van der Waals surface area contributed by atoms with Crippen LogP contribution in [-0.4, -0.2) is 62.6 Å². The molecule has 1 N–H and O–H groups in total. The lowest BCUT2D eigenvalue weighted by molar-refractivity contribution is 0.324. The van der Waals surface area contributed by atoms with E-state index in [4.69, 9.17) is 0 Å². The highest BCUT2D eigenvalue weighted by molar-refractivity contribution is 5.79. The van der Waals surface area contributed by atoms with E-state index in [1.54, 1.807) is 0 Å². The van der Waals surface area contributed by atoms with Crippen molar-refractivity contribution in [2.24, 2.45) is 10.9 Å². The Morgan fingerprint density at radius 3 is 3.00 bits per heavy atom. The molecule has 0 aromatic heterocycles. The van der Waals surface area contributed by atoms with Crippen molar-refractivity contribution in [3.05, 3.63) is 12.7 Å². The number of allylic oxidation sites excluding steroid dienone is 1. The van der Waals surface area contributed by atoms with E-state index < -0.39 is 0 Å². The van der Waals surface area contributed by atoms with Crippen molar-refractivity contribution in [2.45, 2.75) is 32.6 Å². The van der Waals surface area contributed by atoms with Gasteiger partial charge in [0.25, 0.3) is 0 Å². The van der Waals surface area contributed by atoms with Crippen LogP contribution >= 0.6 is 0 Å². The van der Waals surface area contributed by atoms with E-state index in [2.05, 4.69) is 40.7 Å². The predicted octanol–water partition coefficient (Wildman–Crippen LogP) is 2.19. The van der Waals surface area contributed by atoms with Crippen molar-refractivity contribution in [3.8, 4) is 0 Å². The zero-order chi connectivity index (χ0) is 14.8. The fourth-order valence-corrected chi connectivity index (χ4v) is 2.80. The average molecular weight is 280 g/mol. The first-order valence-corrected chi connectivity index (χ1v) is 7.96. The Morgan fingerprint density at radius 2 is 2.35 bits per heavy atom. The summed E-state index contributed by atoms with van der Waals surface area (Å²) in [5, 5.41) is 3.52. The molecule has 0 saturated carbocycles. The molecule has 0 spiro atoms. The summed E-state index contributed by atoms with van der Waals surface area (Å²) in [5.74, 6) is 1.78. The number of guanidine groups is 1. The number of rotatable bonds is 8. The minimum atomic E-state index is 0.764. The number of hydrogen-bond donors (Lipinski definition) is 1. The van der Waals surface area contributed by atoms with Crippen molar-refractivity contribution in [1.29, 1.82) is 0 Å². The monoisotopic (exact) mass is 280 g/mol. The quantitative estimate of drug-likeness (QED) is 0.320. The first kappa shape index (κ1) is 17.0. The average Bonchev–Trinajstić information content (AvgIpc) is 2.88. The second-order valence-corrected chi connectivity index (χ2v) is 5.74. The Balaban J connectivity index is 2.26. The third kappa shape index (κ3) is 5.95. The molecular weight excluding hydrogens is 248 g/mol. The molecule has 0 aromatic carbocycles. The van der Waals surface area contributed by atoms with Gasteiger partial charge in [0.05, 0.1) is 0 Å². The summed E-state index contributed by atoms with van der Waals surface area (Å²) in [6, 6.07) is 0. The van der Waals surface area contributed by atoms with Crippen LogP contribution in [-0.2, 0) is 0 Å². The lowest BCUT2D eigenvalue weighted by Gasteiger charge is -2.23.